The third-order valence-electron chi connectivity index (χ3n) is 1.65. The van der Waals surface area contributed by atoms with Crippen molar-refractivity contribution in [1.29, 1.82) is 0 Å². The zero-order valence-corrected chi connectivity index (χ0v) is 9.16. The maximum Gasteiger partial charge on any atom is 0.310 e. The molecule has 14 heavy (non-hydrogen) atoms. The van der Waals surface area contributed by atoms with Crippen molar-refractivity contribution in [3.8, 4) is 0 Å². The quantitative estimate of drug-likeness (QED) is 0.365. The summed E-state index contributed by atoms with van der Waals surface area (Å²) in [5.74, 6) is 0. The summed E-state index contributed by atoms with van der Waals surface area (Å²) in [4.78, 5) is 13.4. The molecule has 4 nitrogen and oxygen atoms in total. The average Bonchev–Trinajstić information content (AvgIpc) is 2.07. The highest BCUT2D eigenvalue weighted by molar-refractivity contribution is 14.1. The molecule has 0 aliphatic heterocycles. The van der Waals surface area contributed by atoms with E-state index in [1.54, 1.807) is 22.6 Å². The molecular weight excluding hydrogens is 309 g/mol. The highest BCUT2D eigenvalue weighted by Gasteiger charge is 2.27. The van der Waals surface area contributed by atoms with Crippen LogP contribution in [0.3, 0.4) is 0 Å². The number of halogens is 3. The second-order valence-corrected chi connectivity index (χ2v) is 3.57. The first-order valence-electron chi connectivity index (χ1n) is 3.52. The van der Waals surface area contributed by atoms with E-state index in [1.165, 1.54) is 13.1 Å². The van der Waals surface area contributed by atoms with Crippen LogP contribution in [0.5, 0.6) is 0 Å². The van der Waals surface area contributed by atoms with E-state index in [9.17, 15) is 18.9 Å². The minimum Gasteiger partial charge on any atom is -0.258 e. The molecule has 0 aliphatic carbocycles. The van der Waals surface area contributed by atoms with Crippen LogP contribution in [0, 0.1) is 20.7 Å². The fourth-order valence-electron chi connectivity index (χ4n) is 1.03. The number of hydrogen-bond donors (Lipinski definition) is 0. The van der Waals surface area contributed by atoms with Gasteiger partial charge in [-0.3, -0.25) is 10.1 Å². The van der Waals surface area contributed by atoms with Crippen LogP contribution in [-0.4, -0.2) is 9.91 Å². The van der Waals surface area contributed by atoms with Crippen LogP contribution in [0.2, 0.25) is 0 Å². The Hall–Kier alpha value is -0.860. The summed E-state index contributed by atoms with van der Waals surface area (Å²) in [5, 5.41) is 10.5. The Morgan fingerprint density at radius 1 is 1.64 bits per heavy atom. The Bertz CT molecular complexity index is 384. The molecule has 1 rings (SSSR count). The SMILES string of the molecule is Cc1cnc(I)c([N+](=O)[O-])c1C(F)F. The first-order chi connectivity index (χ1) is 6.45. The zero-order valence-electron chi connectivity index (χ0n) is 7.00. The van der Waals surface area contributed by atoms with E-state index in [2.05, 4.69) is 4.98 Å². The van der Waals surface area contributed by atoms with Gasteiger partial charge in [0.1, 0.15) is 5.56 Å². The second kappa shape index (κ2) is 4.11. The predicted molar refractivity (Wildman–Crippen MR) is 53.3 cm³/mol. The lowest BCUT2D eigenvalue weighted by Gasteiger charge is -2.05. The van der Waals surface area contributed by atoms with E-state index < -0.39 is 22.6 Å². The van der Waals surface area contributed by atoms with Gasteiger partial charge in [0, 0.05) is 6.20 Å². The van der Waals surface area contributed by atoms with Crippen LogP contribution >= 0.6 is 22.6 Å². The number of nitro groups is 1. The Balaban J connectivity index is 3.50. The van der Waals surface area contributed by atoms with Crippen LogP contribution in [0.4, 0.5) is 14.5 Å². The van der Waals surface area contributed by atoms with Gasteiger partial charge in [0.05, 0.1) is 4.92 Å². The second-order valence-electron chi connectivity index (χ2n) is 2.55. The Labute approximate surface area is 91.6 Å². The summed E-state index contributed by atoms with van der Waals surface area (Å²) in [6.07, 6.45) is -1.65. The van der Waals surface area contributed by atoms with Crippen LogP contribution in [0.15, 0.2) is 6.20 Å². The fourth-order valence-corrected chi connectivity index (χ4v) is 1.66. The number of alkyl halides is 2. The topological polar surface area (TPSA) is 56.0 Å². The Morgan fingerprint density at radius 2 is 2.21 bits per heavy atom. The van der Waals surface area contributed by atoms with E-state index in [-0.39, 0.29) is 9.26 Å². The first kappa shape index (κ1) is 11.2. The smallest absolute Gasteiger partial charge is 0.258 e. The molecule has 0 fully saturated rings. The first-order valence-corrected chi connectivity index (χ1v) is 4.60. The van der Waals surface area contributed by atoms with Crippen LogP contribution < -0.4 is 0 Å². The molecule has 1 aromatic rings. The van der Waals surface area contributed by atoms with Gasteiger partial charge in [0.2, 0.25) is 0 Å². The van der Waals surface area contributed by atoms with Gasteiger partial charge >= 0.3 is 5.69 Å². The van der Waals surface area contributed by atoms with Gasteiger partial charge in [-0.1, -0.05) is 0 Å². The molecule has 7 heteroatoms. The van der Waals surface area contributed by atoms with Crippen LogP contribution in [-0.2, 0) is 0 Å². The third kappa shape index (κ3) is 1.97. The van der Waals surface area contributed by atoms with Crippen LogP contribution in [0.25, 0.3) is 0 Å². The van der Waals surface area contributed by atoms with Crippen molar-refractivity contribution in [2.75, 3.05) is 0 Å². The third-order valence-corrected chi connectivity index (χ3v) is 2.44. The number of pyridine rings is 1. The summed E-state index contributed by atoms with van der Waals surface area (Å²) >= 11 is 1.57. The Kier molecular flexibility index (Phi) is 3.29. The standard InChI is InChI=1S/C7H5F2IN2O2/c1-3-2-11-7(10)5(12(13)14)4(3)6(8)9/h2,6H,1H3. The number of aryl methyl sites for hydroxylation is 1. The molecule has 0 saturated heterocycles. The van der Waals surface area contributed by atoms with E-state index in [4.69, 9.17) is 0 Å². The number of rotatable bonds is 2. The lowest BCUT2D eigenvalue weighted by atomic mass is 10.1. The minimum absolute atomic E-state index is 0.0199. The van der Waals surface area contributed by atoms with Gasteiger partial charge in [-0.2, -0.15) is 0 Å². The van der Waals surface area contributed by atoms with Crippen LogP contribution in [0.1, 0.15) is 17.6 Å². The number of hydrogen-bond acceptors (Lipinski definition) is 3. The van der Waals surface area contributed by atoms with Gasteiger partial charge in [0.25, 0.3) is 6.43 Å². The largest absolute Gasteiger partial charge is 0.310 e. The Morgan fingerprint density at radius 3 is 2.57 bits per heavy atom. The monoisotopic (exact) mass is 314 g/mol. The molecule has 0 saturated carbocycles. The van der Waals surface area contributed by atoms with E-state index in [1.807, 2.05) is 0 Å². The zero-order chi connectivity index (χ0) is 10.9. The van der Waals surface area contributed by atoms with Crippen molar-refractivity contribution in [2.24, 2.45) is 0 Å². The number of aromatic nitrogens is 1. The summed E-state index contributed by atoms with van der Waals surface area (Å²) in [5.41, 5.74) is -1.01. The predicted octanol–water partition coefficient (Wildman–Crippen LogP) is 2.84. The van der Waals surface area contributed by atoms with Gasteiger partial charge in [0.15, 0.2) is 3.70 Å². The molecular formula is C7H5F2IN2O2. The van der Waals surface area contributed by atoms with E-state index in [0.717, 1.165) is 0 Å². The molecule has 0 N–H and O–H groups in total. The van der Waals surface area contributed by atoms with E-state index >= 15 is 0 Å². The highest BCUT2D eigenvalue weighted by atomic mass is 127. The lowest BCUT2D eigenvalue weighted by molar-refractivity contribution is -0.387. The molecule has 0 radical (unpaired) electrons. The minimum atomic E-state index is -2.85. The maximum absolute atomic E-state index is 12.5. The molecule has 1 aromatic heterocycles. The van der Waals surface area contributed by atoms with Gasteiger partial charge in [-0.15, -0.1) is 0 Å². The summed E-state index contributed by atoms with van der Waals surface area (Å²) in [6.45, 7) is 1.37. The van der Waals surface area contributed by atoms with Gasteiger partial charge in [-0.05, 0) is 35.1 Å². The molecule has 76 valence electrons. The molecule has 0 atom stereocenters. The summed E-state index contributed by atoms with van der Waals surface area (Å²) < 4.78 is 25.0. The highest BCUT2D eigenvalue weighted by Crippen LogP contribution is 2.33. The van der Waals surface area contributed by atoms with Gasteiger partial charge in [-0.25, -0.2) is 13.8 Å². The number of nitrogens with zero attached hydrogens (tertiary/aromatic N) is 2. The van der Waals surface area contributed by atoms with Crippen molar-refractivity contribution in [3.63, 3.8) is 0 Å². The normalized spacial score (nSPS) is 10.6. The van der Waals surface area contributed by atoms with Gasteiger partial charge < -0.3 is 0 Å². The van der Waals surface area contributed by atoms with E-state index in [0.29, 0.717) is 0 Å². The fraction of sp³-hybridized carbons (Fsp3) is 0.286. The maximum atomic E-state index is 12.5. The molecule has 0 unspecified atom stereocenters. The molecule has 0 aliphatic rings. The van der Waals surface area contributed by atoms with Crippen molar-refractivity contribution in [1.82, 2.24) is 4.98 Å². The molecule has 0 aromatic carbocycles. The molecule has 1 heterocycles. The van der Waals surface area contributed by atoms with Crippen molar-refractivity contribution < 1.29 is 13.7 Å². The average molecular weight is 314 g/mol. The van der Waals surface area contributed by atoms with Crippen molar-refractivity contribution in [2.45, 2.75) is 13.3 Å². The van der Waals surface area contributed by atoms with Crippen molar-refractivity contribution >= 4 is 28.3 Å². The molecule has 0 spiro atoms. The molecule has 0 bridgehead atoms. The summed E-state index contributed by atoms with van der Waals surface area (Å²) in [7, 11) is 0. The summed E-state index contributed by atoms with van der Waals surface area (Å²) in [6, 6.07) is 0. The molecule has 0 amide bonds. The lowest BCUT2D eigenvalue weighted by Crippen LogP contribution is -2.03. The van der Waals surface area contributed by atoms with Crippen molar-refractivity contribution in [3.05, 3.63) is 31.1 Å².